The molecule has 12 heavy (non-hydrogen) atoms. The Morgan fingerprint density at radius 2 is 2.25 bits per heavy atom. The molecule has 0 unspecified atom stereocenters. The van der Waals surface area contributed by atoms with Crippen LogP contribution in [0.3, 0.4) is 0 Å². The number of nitrogens with zero attached hydrogens (tertiary/aromatic N) is 1. The van der Waals surface area contributed by atoms with Gasteiger partial charge in [0.05, 0.1) is 5.56 Å². The quantitative estimate of drug-likeness (QED) is 0.482. The van der Waals surface area contributed by atoms with E-state index in [1.54, 1.807) is 0 Å². The molecule has 1 aromatic rings. The number of amidine groups is 1. The molecule has 0 spiro atoms. The molecule has 0 atom stereocenters. The van der Waals surface area contributed by atoms with Gasteiger partial charge >= 0.3 is 0 Å². The second kappa shape index (κ2) is 3.21. The van der Waals surface area contributed by atoms with Crippen molar-refractivity contribution in [3.05, 3.63) is 29.6 Å². The van der Waals surface area contributed by atoms with Crippen molar-refractivity contribution in [2.75, 3.05) is 7.05 Å². The van der Waals surface area contributed by atoms with Crippen LogP contribution in [0.4, 0.5) is 4.39 Å². The molecule has 0 saturated carbocycles. The average Bonchev–Trinajstić information content (AvgIpc) is 2.08. The summed E-state index contributed by atoms with van der Waals surface area (Å²) in [4.78, 5) is 3.63. The molecule has 0 aliphatic carbocycles. The minimum absolute atomic E-state index is 0.118. The smallest absolute Gasteiger partial charge is 0.165 e. The number of benzene rings is 1. The highest BCUT2D eigenvalue weighted by Gasteiger charge is 2.08. The molecule has 0 fully saturated rings. The van der Waals surface area contributed by atoms with E-state index in [0.717, 1.165) is 6.07 Å². The van der Waals surface area contributed by atoms with E-state index < -0.39 is 11.6 Å². The van der Waals surface area contributed by atoms with Crippen LogP contribution in [0.2, 0.25) is 0 Å². The van der Waals surface area contributed by atoms with Crippen LogP contribution in [0, 0.1) is 5.82 Å². The minimum Gasteiger partial charge on any atom is -0.504 e. The lowest BCUT2D eigenvalue weighted by Gasteiger charge is -2.02. The fourth-order valence-electron chi connectivity index (χ4n) is 0.842. The largest absolute Gasteiger partial charge is 0.504 e. The number of aliphatic imine (C=N–C) groups is 1. The van der Waals surface area contributed by atoms with Crippen LogP contribution in [-0.2, 0) is 0 Å². The minimum atomic E-state index is -0.695. The van der Waals surface area contributed by atoms with Crippen molar-refractivity contribution in [1.82, 2.24) is 0 Å². The molecular weight excluding hydrogens is 159 g/mol. The first-order chi connectivity index (χ1) is 5.66. The molecule has 0 heterocycles. The molecule has 0 bridgehead atoms. The van der Waals surface area contributed by atoms with Crippen LogP contribution in [0.25, 0.3) is 0 Å². The Hall–Kier alpha value is -1.58. The van der Waals surface area contributed by atoms with Crippen molar-refractivity contribution in [3.63, 3.8) is 0 Å². The third kappa shape index (κ3) is 1.37. The maximum absolute atomic E-state index is 12.7. The van der Waals surface area contributed by atoms with Crippen LogP contribution in [0.5, 0.6) is 5.75 Å². The molecule has 0 aliphatic heterocycles. The van der Waals surface area contributed by atoms with Gasteiger partial charge in [0.2, 0.25) is 0 Å². The number of halogens is 1. The summed E-state index contributed by atoms with van der Waals surface area (Å²) >= 11 is 0. The van der Waals surface area contributed by atoms with Gasteiger partial charge in [-0.1, -0.05) is 6.07 Å². The fourth-order valence-corrected chi connectivity index (χ4v) is 0.842. The third-order valence-electron chi connectivity index (χ3n) is 1.50. The topological polar surface area (TPSA) is 58.6 Å². The summed E-state index contributed by atoms with van der Waals surface area (Å²) in [5.74, 6) is -1.04. The van der Waals surface area contributed by atoms with Gasteiger partial charge in [-0.15, -0.1) is 0 Å². The molecule has 3 nitrogen and oxygen atoms in total. The van der Waals surface area contributed by atoms with Gasteiger partial charge in [-0.25, -0.2) is 4.39 Å². The van der Waals surface area contributed by atoms with Gasteiger partial charge in [0.1, 0.15) is 5.84 Å². The molecular formula is C8H9FN2O. The predicted molar refractivity (Wildman–Crippen MR) is 44.7 cm³/mol. The monoisotopic (exact) mass is 168 g/mol. The van der Waals surface area contributed by atoms with E-state index in [9.17, 15) is 4.39 Å². The van der Waals surface area contributed by atoms with Crippen LogP contribution >= 0.6 is 0 Å². The van der Waals surface area contributed by atoms with Gasteiger partial charge in [0.15, 0.2) is 11.6 Å². The Morgan fingerprint density at radius 1 is 1.58 bits per heavy atom. The summed E-state index contributed by atoms with van der Waals surface area (Å²) in [7, 11) is 1.47. The van der Waals surface area contributed by atoms with E-state index in [4.69, 9.17) is 10.8 Å². The van der Waals surface area contributed by atoms with E-state index in [-0.39, 0.29) is 11.4 Å². The molecule has 0 radical (unpaired) electrons. The number of para-hydroxylation sites is 1. The van der Waals surface area contributed by atoms with Crippen molar-refractivity contribution in [2.24, 2.45) is 10.7 Å². The summed E-state index contributed by atoms with van der Waals surface area (Å²) in [6.45, 7) is 0. The van der Waals surface area contributed by atoms with Gasteiger partial charge in [-0.05, 0) is 12.1 Å². The zero-order chi connectivity index (χ0) is 9.14. The van der Waals surface area contributed by atoms with E-state index in [1.165, 1.54) is 19.2 Å². The lowest BCUT2D eigenvalue weighted by molar-refractivity contribution is 0.431. The number of phenolic OH excluding ortho intramolecular Hbond substituents is 1. The van der Waals surface area contributed by atoms with E-state index in [2.05, 4.69) is 4.99 Å². The van der Waals surface area contributed by atoms with Crippen molar-refractivity contribution in [2.45, 2.75) is 0 Å². The molecule has 64 valence electrons. The number of phenols is 1. The molecule has 1 rings (SSSR count). The summed E-state index contributed by atoms with van der Waals surface area (Å²) < 4.78 is 12.7. The maximum atomic E-state index is 12.7. The molecule has 0 saturated heterocycles. The van der Waals surface area contributed by atoms with Gasteiger partial charge in [-0.2, -0.15) is 0 Å². The Bertz CT molecular complexity index is 323. The summed E-state index contributed by atoms with van der Waals surface area (Å²) in [6.07, 6.45) is 0. The van der Waals surface area contributed by atoms with E-state index in [0.29, 0.717) is 0 Å². The highest BCUT2D eigenvalue weighted by molar-refractivity contribution is 5.99. The van der Waals surface area contributed by atoms with Gasteiger partial charge in [0.25, 0.3) is 0 Å². The zero-order valence-electron chi connectivity index (χ0n) is 6.58. The number of nitrogens with two attached hydrogens (primary N) is 1. The van der Waals surface area contributed by atoms with Crippen molar-refractivity contribution >= 4 is 5.84 Å². The van der Waals surface area contributed by atoms with Crippen LogP contribution in [0.1, 0.15) is 5.56 Å². The van der Waals surface area contributed by atoms with Gasteiger partial charge < -0.3 is 10.8 Å². The van der Waals surface area contributed by atoms with Crippen molar-refractivity contribution in [1.29, 1.82) is 0 Å². The van der Waals surface area contributed by atoms with Crippen LogP contribution in [-0.4, -0.2) is 18.0 Å². The van der Waals surface area contributed by atoms with Crippen molar-refractivity contribution < 1.29 is 9.50 Å². The lowest BCUT2D eigenvalue weighted by atomic mass is 10.2. The first-order valence-electron chi connectivity index (χ1n) is 3.37. The highest BCUT2D eigenvalue weighted by Crippen LogP contribution is 2.19. The SMILES string of the molecule is CN=C(N)c1cccc(F)c1O. The second-order valence-electron chi connectivity index (χ2n) is 2.24. The molecule has 0 aromatic heterocycles. The summed E-state index contributed by atoms with van der Waals surface area (Å²) in [5.41, 5.74) is 5.61. The molecule has 3 N–H and O–H groups in total. The summed E-state index contributed by atoms with van der Waals surface area (Å²) in [6, 6.07) is 4.12. The standard InChI is InChI=1S/C8H9FN2O/c1-11-8(10)5-3-2-4-6(9)7(5)12/h2-4,12H,1H3,(H2,10,11). The van der Waals surface area contributed by atoms with Gasteiger partial charge in [0, 0.05) is 7.05 Å². The number of rotatable bonds is 1. The summed E-state index contributed by atoms with van der Waals surface area (Å²) in [5, 5.41) is 9.16. The van der Waals surface area contributed by atoms with E-state index >= 15 is 0 Å². The van der Waals surface area contributed by atoms with E-state index in [1.807, 2.05) is 0 Å². The predicted octanol–water partition coefficient (Wildman–Crippen LogP) is 0.866. The molecule has 1 aromatic carbocycles. The normalized spacial score (nSPS) is 11.7. The zero-order valence-corrected chi connectivity index (χ0v) is 6.58. The molecule has 0 aliphatic rings. The molecule has 4 heteroatoms. The fraction of sp³-hybridized carbons (Fsp3) is 0.125. The van der Waals surface area contributed by atoms with Crippen LogP contribution in [0.15, 0.2) is 23.2 Å². The molecule has 0 amide bonds. The lowest BCUT2D eigenvalue weighted by Crippen LogP contribution is -2.13. The Balaban J connectivity index is 3.26. The number of hydrogen-bond acceptors (Lipinski definition) is 2. The van der Waals surface area contributed by atoms with Crippen molar-refractivity contribution in [3.8, 4) is 5.75 Å². The number of aromatic hydroxyl groups is 1. The second-order valence-corrected chi connectivity index (χ2v) is 2.24. The highest BCUT2D eigenvalue weighted by atomic mass is 19.1. The first kappa shape index (κ1) is 8.52. The first-order valence-corrected chi connectivity index (χ1v) is 3.37. The number of hydrogen-bond donors (Lipinski definition) is 2. The Morgan fingerprint density at radius 3 is 2.83 bits per heavy atom. The average molecular weight is 168 g/mol. The van der Waals surface area contributed by atoms with Gasteiger partial charge in [-0.3, -0.25) is 4.99 Å². The van der Waals surface area contributed by atoms with Crippen LogP contribution < -0.4 is 5.73 Å². The third-order valence-corrected chi connectivity index (χ3v) is 1.50. The Labute approximate surface area is 69.4 Å². The maximum Gasteiger partial charge on any atom is 0.165 e. The Kier molecular flexibility index (Phi) is 2.28.